The summed E-state index contributed by atoms with van der Waals surface area (Å²) in [5.41, 5.74) is 0.749. The summed E-state index contributed by atoms with van der Waals surface area (Å²) in [5.74, 6) is 20.8. The Balaban J connectivity index is 0.000000130. The van der Waals surface area contributed by atoms with E-state index in [-0.39, 0.29) is 35.1 Å². The Morgan fingerprint density at radius 3 is 1.09 bits per heavy atom. The molecule has 3 unspecified atom stereocenters. The predicted octanol–water partition coefficient (Wildman–Crippen LogP) is 6.87. The minimum Gasteiger partial charge on any atom is -0.389 e. The van der Waals surface area contributed by atoms with Crippen molar-refractivity contribution in [2.75, 3.05) is 36.1 Å². The largest absolute Gasteiger partial charge is 0.389 e. The number of hydrogen-bond acceptors (Lipinski definition) is 24. The molecule has 9 N–H and O–H groups in total. The average molecular weight is 1350 g/mol. The number of anilines is 3. The van der Waals surface area contributed by atoms with Crippen LogP contribution >= 0.6 is 34.0 Å². The zero-order valence-corrected chi connectivity index (χ0v) is 56.9. The number of imidazole rings is 3. The topological polar surface area (TPSA) is 339 Å². The Bertz CT molecular complexity index is 4750. The molecule has 15 atom stereocenters. The molecule has 6 aliphatic rings. The normalized spacial score (nSPS) is 28.3. The molecule has 0 bridgehead atoms. The third-order valence-electron chi connectivity index (χ3n) is 20.0. The van der Waals surface area contributed by atoms with Crippen LogP contribution in [-0.4, -0.2) is 163 Å². The molecule has 0 aliphatic heterocycles. The smallest absolute Gasteiger partial charge is 0.209 e. The van der Waals surface area contributed by atoms with Gasteiger partial charge in [0, 0.05) is 54.0 Å². The van der Waals surface area contributed by atoms with Crippen molar-refractivity contribution < 1.29 is 45.0 Å². The van der Waals surface area contributed by atoms with Crippen LogP contribution in [0.5, 0.6) is 0 Å². The van der Waals surface area contributed by atoms with Crippen LogP contribution in [0.2, 0.25) is 0 Å². The van der Waals surface area contributed by atoms with Gasteiger partial charge in [0.1, 0.15) is 35.7 Å². The van der Waals surface area contributed by atoms with Crippen LogP contribution in [0.1, 0.15) is 144 Å². The number of thiophene rings is 3. The molecule has 0 radical (unpaired) electrons. The SMILES string of the molecule is CCC(=O)[C@@]12C[C@@H]1[C@@H](n1cnc3c(NC)nc(C#Cc4ccc(C)s4)nc31)C(O)[C@H]2O.CCCNc1nc(C#Cc2ccc(C)s2)nc2c1ncn2[C@H]1C(O)[C@@H](O)[C@]2(C(=O)CC)C[C@H]12.CCNc1nc(C#Cc2ccc(C)s2)nc2c1ncn2[C@H]1C(O)[C@@H](O)[C@]2(C(=O)CC)C[C@H]12. The van der Waals surface area contributed by atoms with Gasteiger partial charge in [-0.2, -0.15) is 0 Å². The van der Waals surface area contributed by atoms with E-state index in [9.17, 15) is 45.0 Å². The lowest BCUT2D eigenvalue weighted by molar-refractivity contribution is -0.130. The number of hydrogen-bond donors (Lipinski definition) is 9. The Morgan fingerprint density at radius 2 is 0.802 bits per heavy atom. The van der Waals surface area contributed by atoms with E-state index in [0.717, 1.165) is 27.6 Å². The molecule has 96 heavy (non-hydrogen) atoms. The summed E-state index contributed by atoms with van der Waals surface area (Å²) in [6.45, 7) is 16.9. The third kappa shape index (κ3) is 11.1. The maximum absolute atomic E-state index is 12.6. The van der Waals surface area contributed by atoms with Crippen LogP contribution in [0.25, 0.3) is 33.5 Å². The maximum Gasteiger partial charge on any atom is 0.209 e. The lowest BCUT2D eigenvalue weighted by Gasteiger charge is -2.23. The van der Waals surface area contributed by atoms with Gasteiger partial charge in [0.15, 0.2) is 50.9 Å². The number of fused-ring (bicyclic) bond motifs is 6. The van der Waals surface area contributed by atoms with E-state index in [4.69, 9.17) is 0 Å². The van der Waals surface area contributed by atoms with Crippen LogP contribution in [0.15, 0.2) is 55.4 Å². The van der Waals surface area contributed by atoms with Crippen molar-refractivity contribution in [2.24, 2.45) is 34.0 Å². The van der Waals surface area contributed by atoms with Gasteiger partial charge in [-0.05, 0) is 143 Å². The number of aryl methyl sites for hydroxylation is 3. The number of rotatable bonds is 15. The predicted molar refractivity (Wildman–Crippen MR) is 364 cm³/mol. The first-order valence-electron chi connectivity index (χ1n) is 32.5. The van der Waals surface area contributed by atoms with Gasteiger partial charge in [-0.25, -0.2) is 44.9 Å². The van der Waals surface area contributed by atoms with Crippen LogP contribution in [0.4, 0.5) is 17.5 Å². The number of nitrogens with zero attached hydrogens (tertiary/aromatic N) is 12. The lowest BCUT2D eigenvalue weighted by Crippen LogP contribution is -2.37. The summed E-state index contributed by atoms with van der Waals surface area (Å²) < 4.78 is 5.36. The molecule has 24 nitrogen and oxygen atoms in total. The van der Waals surface area contributed by atoms with Crippen molar-refractivity contribution in [1.82, 2.24) is 58.6 Å². The number of carbonyl (C=O) groups excluding carboxylic acids is 3. The van der Waals surface area contributed by atoms with Gasteiger partial charge in [0.2, 0.25) is 17.5 Å². The van der Waals surface area contributed by atoms with Crippen molar-refractivity contribution in [3.63, 3.8) is 0 Å². The summed E-state index contributed by atoms with van der Waals surface area (Å²) in [6, 6.07) is 10.5. The fraction of sp³-hybridized carbons (Fsp3) is 0.478. The highest BCUT2D eigenvalue weighted by Gasteiger charge is 2.76. The van der Waals surface area contributed by atoms with Crippen molar-refractivity contribution in [2.45, 2.75) is 155 Å². The van der Waals surface area contributed by atoms with E-state index in [2.05, 4.69) is 103 Å². The van der Waals surface area contributed by atoms with Crippen LogP contribution in [0, 0.1) is 90.3 Å². The van der Waals surface area contributed by atoms with Crippen LogP contribution in [0.3, 0.4) is 0 Å². The highest BCUT2D eigenvalue weighted by Crippen LogP contribution is 2.70. The number of aliphatic hydroxyl groups excluding tert-OH is 6. The van der Waals surface area contributed by atoms with Gasteiger partial charge in [-0.1, -0.05) is 27.7 Å². The molecule has 15 rings (SSSR count). The number of nitrogens with one attached hydrogen (secondary N) is 3. The number of aliphatic hydroxyl groups is 6. The molecule has 0 amide bonds. The molecule has 27 heteroatoms. The quantitative estimate of drug-likeness (QED) is 0.0473. The molecule has 0 saturated heterocycles. The van der Waals surface area contributed by atoms with Crippen molar-refractivity contribution in [3.05, 3.63) is 102 Å². The Hall–Kier alpha value is -8.40. The molecule has 6 fully saturated rings. The zero-order valence-electron chi connectivity index (χ0n) is 54.5. The highest BCUT2D eigenvalue weighted by molar-refractivity contribution is 7.13. The van der Waals surface area contributed by atoms with E-state index in [1.807, 2.05) is 64.1 Å². The summed E-state index contributed by atoms with van der Waals surface area (Å²) in [4.78, 5) is 85.1. The van der Waals surface area contributed by atoms with Crippen molar-refractivity contribution in [3.8, 4) is 35.5 Å². The van der Waals surface area contributed by atoms with Gasteiger partial charge in [0.25, 0.3) is 0 Å². The van der Waals surface area contributed by atoms with Gasteiger partial charge < -0.3 is 60.3 Å². The fourth-order valence-electron chi connectivity index (χ4n) is 15.2. The second-order valence-electron chi connectivity index (χ2n) is 25.5. The van der Waals surface area contributed by atoms with Crippen molar-refractivity contribution >= 4 is 102 Å². The fourth-order valence-corrected chi connectivity index (χ4v) is 17.3. The number of ketones is 3. The molecule has 9 heterocycles. The first-order chi connectivity index (χ1) is 46.2. The maximum atomic E-state index is 12.6. The van der Waals surface area contributed by atoms with E-state index in [1.54, 1.807) is 94.5 Å². The second kappa shape index (κ2) is 25.9. The first-order valence-corrected chi connectivity index (χ1v) is 35.0. The van der Waals surface area contributed by atoms with E-state index in [1.165, 1.54) is 14.6 Å². The zero-order chi connectivity index (χ0) is 67.9. The monoisotopic (exact) mass is 1350 g/mol. The number of Topliss-reactive ketones (excluding diaryl/α,β-unsaturated/α-hetero) is 3. The van der Waals surface area contributed by atoms with Gasteiger partial charge >= 0.3 is 0 Å². The van der Waals surface area contributed by atoms with Crippen LogP contribution in [-0.2, 0) is 14.4 Å². The first kappa shape index (κ1) is 66.2. The summed E-state index contributed by atoms with van der Waals surface area (Å²) >= 11 is 4.82. The standard InChI is InChI=1S/C24H27N5O3S.C23H25N5O3S.C22H23N5O3S/c1-4-10-25-22-18-23(28-17(27-22)9-8-14-7-6-13(3)33-14)29(12-26-18)19-15-11-24(15,16(30)5-2)21(32)20(19)31;1-4-15(29)23-10-14(23)18(19(30)20(23)31)28-11-25-17-21(24-5-2)26-16(27-22(17)28)9-8-13-7-6-12(3)32-13;1-4-14(28)22-9-13(22)17(18(29)19(22)30)27-10-24-16-20(23-3)25-15(26-21(16)27)8-7-12-6-5-11(2)31-12/h6-7,12,15,19-21,31-32H,4-5,10-11H2,1-3H3,(H,25,27,28);6-7,11,14,18-20,30-31H,4-5,10H2,1-3H3,(H,24,26,27);5-6,10,13,17-19,29-30H,4,9H2,1-3H3,(H,23,25,26)/t15-,19-,20?,21-,24-;14-,18-,19?,20-,23-;13-,17-,18?,19-,22-/m111/s1. The third-order valence-corrected chi connectivity index (χ3v) is 22.8. The molecule has 498 valence electrons. The Labute approximate surface area is 565 Å². The number of aromatic nitrogens is 12. The molecule has 9 aromatic heterocycles. The van der Waals surface area contributed by atoms with E-state index < -0.39 is 71.0 Å². The molecular formula is C69H75N15O9S3. The number of carbonyl (C=O) groups is 3. The molecule has 6 saturated carbocycles. The van der Waals surface area contributed by atoms with Gasteiger partial charge in [-0.3, -0.25) is 14.4 Å². The van der Waals surface area contributed by atoms with E-state index >= 15 is 0 Å². The van der Waals surface area contributed by atoms with E-state index in [0.29, 0.717) is 113 Å². The second-order valence-corrected chi connectivity index (χ2v) is 29.4. The summed E-state index contributed by atoms with van der Waals surface area (Å²) in [5, 5.41) is 74.3. The molecule has 6 aliphatic carbocycles. The molecule has 9 aromatic rings. The highest BCUT2D eigenvalue weighted by atomic mass is 32.1. The van der Waals surface area contributed by atoms with Crippen LogP contribution < -0.4 is 16.0 Å². The molecule has 0 spiro atoms. The summed E-state index contributed by atoms with van der Waals surface area (Å²) in [6.07, 6.45) is 2.03. The minimum absolute atomic E-state index is 0.000641. The Kier molecular flexibility index (Phi) is 17.8. The summed E-state index contributed by atoms with van der Waals surface area (Å²) in [7, 11) is 1.75. The lowest BCUT2D eigenvalue weighted by atomic mass is 9.92. The van der Waals surface area contributed by atoms with Gasteiger partial charge in [0.05, 0.1) is 86.3 Å². The molecular weight excluding hydrogens is 1280 g/mol. The van der Waals surface area contributed by atoms with Gasteiger partial charge in [-0.15, -0.1) is 34.0 Å². The molecule has 0 aromatic carbocycles. The van der Waals surface area contributed by atoms with Crippen molar-refractivity contribution in [1.29, 1.82) is 0 Å². The Morgan fingerprint density at radius 1 is 0.479 bits per heavy atom. The average Bonchev–Trinajstić information content (AvgIpc) is 1.53. The minimum atomic E-state index is -1.08.